The molecule has 2 aromatic heterocycles. The SMILES string of the molecule is CCOc1cc(-n2cc3c(n2)CCCC3NC(=O)c2cc(C)cc(C(F)(F)F)c2)ccn1. The molecule has 0 saturated carbocycles. The van der Waals surface area contributed by atoms with Crippen molar-refractivity contribution in [1.29, 1.82) is 0 Å². The van der Waals surface area contributed by atoms with E-state index in [-0.39, 0.29) is 11.6 Å². The minimum Gasteiger partial charge on any atom is -0.478 e. The largest absolute Gasteiger partial charge is 0.478 e. The van der Waals surface area contributed by atoms with E-state index in [4.69, 9.17) is 4.74 Å². The van der Waals surface area contributed by atoms with E-state index in [1.807, 2.05) is 13.1 Å². The molecule has 3 aromatic rings. The lowest BCUT2D eigenvalue weighted by atomic mass is 9.93. The number of nitrogens with zero attached hydrogens (tertiary/aromatic N) is 3. The molecule has 0 saturated heterocycles. The molecule has 0 spiro atoms. The monoisotopic (exact) mass is 444 g/mol. The van der Waals surface area contributed by atoms with Crippen LogP contribution < -0.4 is 10.1 Å². The van der Waals surface area contributed by atoms with Crippen molar-refractivity contribution < 1.29 is 22.7 Å². The van der Waals surface area contributed by atoms with Gasteiger partial charge in [0.2, 0.25) is 5.88 Å². The Balaban J connectivity index is 1.59. The maximum Gasteiger partial charge on any atom is 0.416 e. The molecule has 1 atom stereocenters. The van der Waals surface area contributed by atoms with E-state index in [2.05, 4.69) is 15.4 Å². The Hall–Kier alpha value is -3.36. The number of aromatic nitrogens is 3. The lowest BCUT2D eigenvalue weighted by Gasteiger charge is -2.23. The number of benzene rings is 1. The van der Waals surface area contributed by atoms with E-state index in [0.29, 0.717) is 24.5 Å². The van der Waals surface area contributed by atoms with E-state index in [1.165, 1.54) is 6.07 Å². The third kappa shape index (κ3) is 4.61. The van der Waals surface area contributed by atoms with Gasteiger partial charge in [0.1, 0.15) is 0 Å². The van der Waals surface area contributed by atoms with Crippen molar-refractivity contribution in [2.24, 2.45) is 0 Å². The van der Waals surface area contributed by atoms with Crippen molar-refractivity contribution in [3.63, 3.8) is 0 Å². The average Bonchev–Trinajstić information content (AvgIpc) is 3.19. The number of pyridine rings is 1. The number of halogens is 3. The number of hydrogen-bond donors (Lipinski definition) is 1. The van der Waals surface area contributed by atoms with Crippen LogP contribution in [-0.2, 0) is 12.6 Å². The van der Waals surface area contributed by atoms with Crippen LogP contribution in [0.4, 0.5) is 13.2 Å². The summed E-state index contributed by atoms with van der Waals surface area (Å²) >= 11 is 0. The number of ether oxygens (including phenoxy) is 1. The van der Waals surface area contributed by atoms with Gasteiger partial charge in [0.25, 0.3) is 5.91 Å². The quantitative estimate of drug-likeness (QED) is 0.614. The van der Waals surface area contributed by atoms with Gasteiger partial charge >= 0.3 is 6.18 Å². The second-order valence-electron chi connectivity index (χ2n) is 7.76. The van der Waals surface area contributed by atoms with Gasteiger partial charge in [0, 0.05) is 29.6 Å². The molecule has 1 unspecified atom stereocenters. The van der Waals surface area contributed by atoms with E-state index in [1.54, 1.807) is 29.9 Å². The number of amides is 1. The lowest BCUT2D eigenvalue weighted by Crippen LogP contribution is -2.31. The fourth-order valence-corrected chi connectivity index (χ4v) is 3.91. The predicted octanol–water partition coefficient (Wildman–Crippen LogP) is 4.80. The molecular formula is C23H23F3N4O2. The number of nitrogens with one attached hydrogen (secondary N) is 1. The second kappa shape index (κ2) is 8.64. The summed E-state index contributed by atoms with van der Waals surface area (Å²) in [6.07, 6.45) is 1.24. The number of rotatable bonds is 5. The second-order valence-corrected chi connectivity index (χ2v) is 7.76. The van der Waals surface area contributed by atoms with E-state index in [9.17, 15) is 18.0 Å². The van der Waals surface area contributed by atoms with Crippen molar-refractivity contribution in [2.75, 3.05) is 6.61 Å². The highest BCUT2D eigenvalue weighted by Gasteiger charge is 2.32. The molecule has 0 aliphatic heterocycles. The molecule has 0 fully saturated rings. The number of carbonyl (C=O) groups is 1. The summed E-state index contributed by atoms with van der Waals surface area (Å²) in [5.74, 6) is -0.0458. The first-order chi connectivity index (χ1) is 15.2. The van der Waals surface area contributed by atoms with Gasteiger partial charge in [-0.25, -0.2) is 9.67 Å². The lowest BCUT2D eigenvalue weighted by molar-refractivity contribution is -0.137. The normalized spacial score (nSPS) is 15.8. The van der Waals surface area contributed by atoms with Crippen LogP contribution in [0.3, 0.4) is 0 Å². The average molecular weight is 444 g/mol. The summed E-state index contributed by atoms with van der Waals surface area (Å²) in [5.41, 5.74) is 2.04. The molecule has 1 aliphatic rings. The van der Waals surface area contributed by atoms with E-state index in [0.717, 1.165) is 41.9 Å². The molecule has 1 aromatic carbocycles. The predicted molar refractivity (Wildman–Crippen MR) is 112 cm³/mol. The van der Waals surface area contributed by atoms with Crippen molar-refractivity contribution in [3.05, 3.63) is 70.7 Å². The Morgan fingerprint density at radius 3 is 2.84 bits per heavy atom. The van der Waals surface area contributed by atoms with Gasteiger partial charge in [-0.1, -0.05) is 0 Å². The van der Waals surface area contributed by atoms with Gasteiger partial charge in [0.15, 0.2) is 0 Å². The Kier molecular flexibility index (Phi) is 5.90. The van der Waals surface area contributed by atoms with E-state index < -0.39 is 17.6 Å². The Bertz CT molecular complexity index is 1140. The fourth-order valence-electron chi connectivity index (χ4n) is 3.91. The molecule has 0 radical (unpaired) electrons. The van der Waals surface area contributed by atoms with Crippen molar-refractivity contribution in [2.45, 2.75) is 45.3 Å². The van der Waals surface area contributed by atoms with Crippen LogP contribution in [0.5, 0.6) is 5.88 Å². The van der Waals surface area contributed by atoms with Crippen molar-refractivity contribution in [3.8, 4) is 11.6 Å². The Morgan fingerprint density at radius 1 is 1.28 bits per heavy atom. The topological polar surface area (TPSA) is 69.0 Å². The zero-order chi connectivity index (χ0) is 22.9. The van der Waals surface area contributed by atoms with Gasteiger partial charge in [-0.05, 0) is 62.9 Å². The minimum atomic E-state index is -4.51. The van der Waals surface area contributed by atoms with Gasteiger partial charge in [0.05, 0.1) is 29.6 Å². The molecule has 1 amide bonds. The molecule has 0 bridgehead atoms. The van der Waals surface area contributed by atoms with Crippen LogP contribution in [0.25, 0.3) is 5.69 Å². The Labute approximate surface area is 183 Å². The Morgan fingerprint density at radius 2 is 2.09 bits per heavy atom. The van der Waals surface area contributed by atoms with Crippen LogP contribution in [0.15, 0.2) is 42.7 Å². The highest BCUT2D eigenvalue weighted by atomic mass is 19.4. The molecule has 32 heavy (non-hydrogen) atoms. The summed E-state index contributed by atoms with van der Waals surface area (Å²) in [6, 6.07) is 6.64. The molecule has 168 valence electrons. The number of carbonyl (C=O) groups excluding carboxylic acids is 1. The van der Waals surface area contributed by atoms with Crippen LogP contribution in [0.2, 0.25) is 0 Å². The first kappa shape index (κ1) is 21.9. The molecule has 1 aliphatic carbocycles. The molecule has 1 N–H and O–H groups in total. The van der Waals surface area contributed by atoms with Crippen LogP contribution >= 0.6 is 0 Å². The maximum absolute atomic E-state index is 13.2. The standard InChI is InChI=1S/C23H23F3N4O2/c1-3-32-21-12-17(7-8-27-21)30-13-18-19(5-4-6-20(18)29-30)28-22(31)15-9-14(2)10-16(11-15)23(24,25)26/h7-13,19H,3-6H2,1-2H3,(H,28,31). The van der Waals surface area contributed by atoms with Crippen molar-refractivity contribution in [1.82, 2.24) is 20.1 Å². The maximum atomic E-state index is 13.2. The van der Waals surface area contributed by atoms with E-state index >= 15 is 0 Å². The number of aryl methyl sites for hydroxylation is 2. The van der Waals surface area contributed by atoms with Crippen LogP contribution in [0, 0.1) is 6.92 Å². The third-order valence-electron chi connectivity index (χ3n) is 5.35. The van der Waals surface area contributed by atoms with Crippen LogP contribution in [-0.4, -0.2) is 27.3 Å². The molecule has 2 heterocycles. The van der Waals surface area contributed by atoms with Gasteiger partial charge in [-0.15, -0.1) is 0 Å². The summed E-state index contributed by atoms with van der Waals surface area (Å²) in [4.78, 5) is 17.0. The molecule has 6 nitrogen and oxygen atoms in total. The molecule has 4 rings (SSSR count). The van der Waals surface area contributed by atoms with Crippen molar-refractivity contribution >= 4 is 5.91 Å². The smallest absolute Gasteiger partial charge is 0.416 e. The molecule has 9 heteroatoms. The first-order valence-corrected chi connectivity index (χ1v) is 10.4. The fraction of sp³-hybridized carbons (Fsp3) is 0.348. The highest BCUT2D eigenvalue weighted by Crippen LogP contribution is 2.32. The third-order valence-corrected chi connectivity index (χ3v) is 5.35. The van der Waals surface area contributed by atoms with Gasteiger partial charge in [-0.2, -0.15) is 18.3 Å². The van der Waals surface area contributed by atoms with Gasteiger partial charge < -0.3 is 10.1 Å². The first-order valence-electron chi connectivity index (χ1n) is 10.4. The minimum absolute atomic E-state index is 0.00710. The summed E-state index contributed by atoms with van der Waals surface area (Å²) in [7, 11) is 0. The zero-order valence-electron chi connectivity index (χ0n) is 17.7. The number of hydrogen-bond acceptors (Lipinski definition) is 4. The summed E-state index contributed by atoms with van der Waals surface area (Å²) < 4.78 is 46.6. The number of fused-ring (bicyclic) bond motifs is 1. The number of alkyl halides is 3. The zero-order valence-corrected chi connectivity index (χ0v) is 17.7. The summed E-state index contributed by atoms with van der Waals surface area (Å²) in [5, 5.41) is 7.54. The van der Waals surface area contributed by atoms with Crippen LogP contribution in [0.1, 0.15) is 58.5 Å². The highest BCUT2D eigenvalue weighted by molar-refractivity contribution is 5.95. The van der Waals surface area contributed by atoms with Gasteiger partial charge in [-0.3, -0.25) is 4.79 Å². The summed E-state index contributed by atoms with van der Waals surface area (Å²) in [6.45, 7) is 3.91. The molecular weight excluding hydrogens is 421 g/mol.